The quantitative estimate of drug-likeness (QED) is 0.881. The Balaban J connectivity index is 2.09. The summed E-state index contributed by atoms with van der Waals surface area (Å²) in [7, 11) is 0. The fourth-order valence-corrected chi connectivity index (χ4v) is 2.22. The Morgan fingerprint density at radius 3 is 2.95 bits per heavy atom. The van der Waals surface area contributed by atoms with Crippen LogP contribution >= 0.6 is 11.3 Å². The summed E-state index contributed by atoms with van der Waals surface area (Å²) in [5.74, 6) is 0.410. The molecule has 0 fully saturated rings. The van der Waals surface area contributed by atoms with Gasteiger partial charge in [-0.3, -0.25) is 10.1 Å². The molecule has 0 saturated heterocycles. The van der Waals surface area contributed by atoms with Crippen LogP contribution in [0.1, 0.15) is 35.3 Å². The highest BCUT2D eigenvalue weighted by atomic mass is 32.1. The van der Waals surface area contributed by atoms with Crippen molar-refractivity contribution in [2.45, 2.75) is 19.9 Å². The fraction of sp³-hybridized carbons (Fsp3) is 0.308. The number of ether oxygens (including phenoxy) is 1. The van der Waals surface area contributed by atoms with Crippen LogP contribution in [0.5, 0.6) is 5.75 Å². The Hall–Kier alpha value is -1.99. The van der Waals surface area contributed by atoms with Crippen molar-refractivity contribution in [1.82, 2.24) is 10.2 Å². The van der Waals surface area contributed by atoms with Gasteiger partial charge in [0.25, 0.3) is 5.91 Å². The molecule has 0 radical (unpaired) electrons. The minimum absolute atomic E-state index is 0.195. The number of nitrogens with one attached hydrogen (secondary N) is 1. The van der Waals surface area contributed by atoms with E-state index in [1.54, 1.807) is 24.3 Å². The Morgan fingerprint density at radius 1 is 1.50 bits per heavy atom. The second-order valence-electron chi connectivity index (χ2n) is 4.15. The predicted octanol–water partition coefficient (Wildman–Crippen LogP) is 2.21. The first-order chi connectivity index (χ1) is 9.60. The van der Waals surface area contributed by atoms with Crippen molar-refractivity contribution in [3.8, 4) is 5.75 Å². The number of nitrogens with two attached hydrogens (primary N) is 1. The maximum atomic E-state index is 12.1. The number of aromatic nitrogens is 2. The van der Waals surface area contributed by atoms with E-state index >= 15 is 0 Å². The van der Waals surface area contributed by atoms with Crippen molar-refractivity contribution >= 4 is 22.4 Å². The average molecular weight is 292 g/mol. The Bertz CT molecular complexity index is 598. The number of hydrogen-bond acceptors (Lipinski definition) is 6. The molecule has 0 aliphatic rings. The Morgan fingerprint density at radius 2 is 2.30 bits per heavy atom. The first-order valence-electron chi connectivity index (χ1n) is 6.23. The third kappa shape index (κ3) is 3.52. The van der Waals surface area contributed by atoms with Gasteiger partial charge in [0.05, 0.1) is 12.6 Å². The summed E-state index contributed by atoms with van der Waals surface area (Å²) in [5, 5.41) is 11.6. The number of amides is 1. The van der Waals surface area contributed by atoms with Gasteiger partial charge in [-0.1, -0.05) is 17.4 Å². The first kappa shape index (κ1) is 14.4. The van der Waals surface area contributed by atoms with Crippen LogP contribution in [0.4, 0.5) is 5.13 Å². The molecule has 1 aromatic carbocycles. The van der Waals surface area contributed by atoms with E-state index < -0.39 is 0 Å². The lowest BCUT2D eigenvalue weighted by Gasteiger charge is -2.05. The van der Waals surface area contributed by atoms with Gasteiger partial charge in [0.15, 0.2) is 0 Å². The van der Waals surface area contributed by atoms with E-state index in [-0.39, 0.29) is 11.9 Å². The molecule has 0 aliphatic carbocycles. The lowest BCUT2D eigenvalue weighted by molar-refractivity contribution is 0.102. The van der Waals surface area contributed by atoms with E-state index in [2.05, 4.69) is 15.5 Å². The van der Waals surface area contributed by atoms with Crippen molar-refractivity contribution in [3.05, 3.63) is 34.8 Å². The minimum atomic E-state index is -0.251. The second-order valence-corrected chi connectivity index (χ2v) is 5.16. The highest BCUT2D eigenvalue weighted by Gasteiger charge is 2.12. The molecule has 1 unspecified atom stereocenters. The molecule has 20 heavy (non-hydrogen) atoms. The maximum Gasteiger partial charge on any atom is 0.257 e. The molecule has 1 heterocycles. The molecular formula is C13H16N4O2S. The molecule has 1 atom stereocenters. The zero-order valence-electron chi connectivity index (χ0n) is 11.3. The monoisotopic (exact) mass is 292 g/mol. The van der Waals surface area contributed by atoms with Crippen molar-refractivity contribution < 1.29 is 9.53 Å². The summed E-state index contributed by atoms with van der Waals surface area (Å²) < 4.78 is 5.36. The summed E-state index contributed by atoms with van der Waals surface area (Å²) in [6.07, 6.45) is 0. The largest absolute Gasteiger partial charge is 0.494 e. The molecule has 6 nitrogen and oxygen atoms in total. The average Bonchev–Trinajstić information content (AvgIpc) is 2.88. The van der Waals surface area contributed by atoms with Gasteiger partial charge in [-0.05, 0) is 32.0 Å². The van der Waals surface area contributed by atoms with Crippen molar-refractivity contribution in [2.75, 3.05) is 11.9 Å². The van der Waals surface area contributed by atoms with Gasteiger partial charge in [0, 0.05) is 5.56 Å². The van der Waals surface area contributed by atoms with Gasteiger partial charge in [-0.25, -0.2) is 0 Å². The van der Waals surface area contributed by atoms with Gasteiger partial charge >= 0.3 is 0 Å². The molecule has 1 aromatic heterocycles. The smallest absolute Gasteiger partial charge is 0.257 e. The molecule has 7 heteroatoms. The molecule has 0 saturated carbocycles. The fourth-order valence-electron chi connectivity index (χ4n) is 1.53. The highest BCUT2D eigenvalue weighted by Crippen LogP contribution is 2.21. The maximum absolute atomic E-state index is 12.1. The normalized spacial score (nSPS) is 11.9. The molecule has 3 N–H and O–H groups in total. The first-order valence-corrected chi connectivity index (χ1v) is 7.05. The molecule has 2 rings (SSSR count). The minimum Gasteiger partial charge on any atom is -0.494 e. The van der Waals surface area contributed by atoms with Crippen LogP contribution in [0.2, 0.25) is 0 Å². The van der Waals surface area contributed by atoms with E-state index in [4.69, 9.17) is 10.5 Å². The number of benzene rings is 1. The zero-order chi connectivity index (χ0) is 14.5. The van der Waals surface area contributed by atoms with Crippen LogP contribution in [0, 0.1) is 0 Å². The predicted molar refractivity (Wildman–Crippen MR) is 78.1 cm³/mol. The highest BCUT2D eigenvalue weighted by molar-refractivity contribution is 7.15. The van der Waals surface area contributed by atoms with E-state index in [9.17, 15) is 4.79 Å². The van der Waals surface area contributed by atoms with E-state index in [1.807, 2.05) is 13.8 Å². The number of anilines is 1. The number of carbonyl (C=O) groups is 1. The summed E-state index contributed by atoms with van der Waals surface area (Å²) in [5.41, 5.74) is 6.21. The lowest BCUT2D eigenvalue weighted by Crippen LogP contribution is -2.11. The number of carbonyl (C=O) groups excluding carboxylic acids is 1. The van der Waals surface area contributed by atoms with E-state index in [1.165, 1.54) is 11.3 Å². The van der Waals surface area contributed by atoms with Crippen LogP contribution in [-0.4, -0.2) is 22.7 Å². The standard InChI is InChI=1S/C13H16N4O2S/c1-3-19-10-6-4-5-9(7-10)11(18)15-13-17-16-12(20-13)8(2)14/h4-8H,3,14H2,1-2H3,(H,15,17,18). The Labute approximate surface area is 121 Å². The van der Waals surface area contributed by atoms with E-state index in [0.29, 0.717) is 28.1 Å². The number of nitrogens with zero attached hydrogens (tertiary/aromatic N) is 2. The SMILES string of the molecule is CCOc1cccc(C(=O)Nc2nnc(C(C)N)s2)c1. The molecule has 0 bridgehead atoms. The van der Waals surface area contributed by atoms with Crippen LogP contribution in [0.3, 0.4) is 0 Å². The van der Waals surface area contributed by atoms with Crippen LogP contribution in [0.25, 0.3) is 0 Å². The molecule has 106 valence electrons. The topological polar surface area (TPSA) is 90.1 Å². The van der Waals surface area contributed by atoms with Gasteiger partial charge in [0.1, 0.15) is 10.8 Å². The van der Waals surface area contributed by atoms with E-state index in [0.717, 1.165) is 0 Å². The number of hydrogen-bond donors (Lipinski definition) is 2. The lowest BCUT2D eigenvalue weighted by atomic mass is 10.2. The van der Waals surface area contributed by atoms with Gasteiger partial charge in [0.2, 0.25) is 5.13 Å². The third-order valence-electron chi connectivity index (χ3n) is 2.46. The van der Waals surface area contributed by atoms with Gasteiger partial charge in [-0.2, -0.15) is 0 Å². The third-order valence-corrected chi connectivity index (χ3v) is 3.50. The van der Waals surface area contributed by atoms with Crippen molar-refractivity contribution in [1.29, 1.82) is 0 Å². The van der Waals surface area contributed by atoms with Crippen LogP contribution in [-0.2, 0) is 0 Å². The molecule has 2 aromatic rings. The zero-order valence-corrected chi connectivity index (χ0v) is 12.1. The van der Waals surface area contributed by atoms with Crippen LogP contribution < -0.4 is 15.8 Å². The van der Waals surface area contributed by atoms with Gasteiger partial charge < -0.3 is 10.5 Å². The second kappa shape index (κ2) is 6.44. The summed E-state index contributed by atoms with van der Waals surface area (Å²) in [6, 6.07) is 6.78. The molecule has 1 amide bonds. The van der Waals surface area contributed by atoms with Crippen molar-refractivity contribution in [2.24, 2.45) is 5.73 Å². The summed E-state index contributed by atoms with van der Waals surface area (Å²) in [4.78, 5) is 12.1. The molecular weight excluding hydrogens is 276 g/mol. The summed E-state index contributed by atoms with van der Waals surface area (Å²) >= 11 is 1.27. The van der Waals surface area contributed by atoms with Crippen molar-refractivity contribution in [3.63, 3.8) is 0 Å². The molecule has 0 aliphatic heterocycles. The number of rotatable bonds is 5. The molecule has 0 spiro atoms. The van der Waals surface area contributed by atoms with Gasteiger partial charge in [-0.15, -0.1) is 10.2 Å². The Kier molecular flexibility index (Phi) is 4.65. The van der Waals surface area contributed by atoms with Crippen LogP contribution in [0.15, 0.2) is 24.3 Å². The summed E-state index contributed by atoms with van der Waals surface area (Å²) in [6.45, 7) is 4.26.